The number of rotatable bonds is 3. The van der Waals surface area contributed by atoms with Gasteiger partial charge in [-0.15, -0.1) is 0 Å². The van der Waals surface area contributed by atoms with Gasteiger partial charge in [0.15, 0.2) is 0 Å². The van der Waals surface area contributed by atoms with Crippen molar-refractivity contribution in [2.75, 3.05) is 10.6 Å². The third-order valence-electron chi connectivity index (χ3n) is 6.05. The molecule has 26 heavy (non-hydrogen) atoms. The topological polar surface area (TPSA) is 63.4 Å². The number of fused-ring (bicyclic) bond motifs is 5. The van der Waals surface area contributed by atoms with Crippen LogP contribution in [0.5, 0.6) is 0 Å². The van der Waals surface area contributed by atoms with E-state index in [4.69, 9.17) is 5.73 Å². The minimum Gasteiger partial charge on any atom is -0.399 e. The summed E-state index contributed by atoms with van der Waals surface area (Å²) in [7, 11) is 0. The number of nitrogens with two attached hydrogens (primary N) is 1. The fourth-order valence-corrected chi connectivity index (χ4v) is 4.79. The molecule has 2 aliphatic carbocycles. The van der Waals surface area contributed by atoms with E-state index >= 15 is 0 Å². The SMILES string of the molecule is Nc1ccc(Cc2ccc(N3C(=O)[C@H]4[C@H](C3=O)[C@H]3C=C[C@H]4C3)cc2)cc1. The number of hydrogen-bond donors (Lipinski definition) is 1. The Hall–Kier alpha value is -2.88. The third-order valence-corrected chi connectivity index (χ3v) is 6.05. The van der Waals surface area contributed by atoms with Crippen molar-refractivity contribution < 1.29 is 9.59 Å². The molecule has 2 bridgehead atoms. The van der Waals surface area contributed by atoms with E-state index in [9.17, 15) is 9.59 Å². The van der Waals surface area contributed by atoms with Gasteiger partial charge in [0.2, 0.25) is 11.8 Å². The molecule has 1 aliphatic heterocycles. The zero-order valence-electron chi connectivity index (χ0n) is 14.3. The highest BCUT2D eigenvalue weighted by molar-refractivity contribution is 6.22. The average Bonchev–Trinajstić information content (AvgIpc) is 3.32. The molecule has 2 fully saturated rings. The van der Waals surface area contributed by atoms with Crippen LogP contribution < -0.4 is 10.6 Å². The van der Waals surface area contributed by atoms with Crippen molar-refractivity contribution >= 4 is 23.2 Å². The molecule has 1 heterocycles. The van der Waals surface area contributed by atoms with E-state index in [0.29, 0.717) is 5.69 Å². The number of carbonyl (C=O) groups is 2. The molecule has 4 atom stereocenters. The molecule has 2 aromatic carbocycles. The summed E-state index contributed by atoms with van der Waals surface area (Å²) in [5.74, 6) is 0.151. The summed E-state index contributed by atoms with van der Waals surface area (Å²) >= 11 is 0. The number of benzene rings is 2. The van der Waals surface area contributed by atoms with Crippen LogP contribution in [-0.2, 0) is 16.0 Å². The zero-order valence-corrected chi connectivity index (χ0v) is 14.3. The molecule has 4 nitrogen and oxygen atoms in total. The second-order valence-electron chi connectivity index (χ2n) is 7.60. The van der Waals surface area contributed by atoms with Crippen LogP contribution in [0, 0.1) is 23.7 Å². The van der Waals surface area contributed by atoms with Gasteiger partial charge in [-0.3, -0.25) is 14.5 Å². The van der Waals surface area contributed by atoms with E-state index in [1.165, 1.54) is 10.5 Å². The van der Waals surface area contributed by atoms with Crippen LogP contribution in [-0.4, -0.2) is 11.8 Å². The van der Waals surface area contributed by atoms with Crippen molar-refractivity contribution in [1.29, 1.82) is 0 Å². The Morgan fingerprint density at radius 2 is 1.31 bits per heavy atom. The number of nitrogens with zero attached hydrogens (tertiary/aromatic N) is 1. The molecule has 3 aliphatic rings. The van der Waals surface area contributed by atoms with Crippen molar-refractivity contribution in [3.8, 4) is 0 Å². The van der Waals surface area contributed by atoms with Crippen LogP contribution >= 0.6 is 0 Å². The smallest absolute Gasteiger partial charge is 0.238 e. The van der Waals surface area contributed by atoms with E-state index in [-0.39, 0.29) is 35.5 Å². The normalized spacial score (nSPS) is 28.8. The zero-order chi connectivity index (χ0) is 17.8. The maximum atomic E-state index is 12.9. The maximum Gasteiger partial charge on any atom is 0.238 e. The first-order valence-electron chi connectivity index (χ1n) is 9.11. The van der Waals surface area contributed by atoms with Gasteiger partial charge >= 0.3 is 0 Å². The van der Waals surface area contributed by atoms with Crippen molar-refractivity contribution in [2.24, 2.45) is 23.7 Å². The summed E-state index contributed by atoms with van der Waals surface area (Å²) in [6.45, 7) is 0. The van der Waals surface area contributed by atoms with E-state index in [1.807, 2.05) is 48.5 Å². The summed E-state index contributed by atoms with van der Waals surface area (Å²) in [5, 5.41) is 0. The van der Waals surface area contributed by atoms with E-state index in [2.05, 4.69) is 12.2 Å². The molecule has 4 heteroatoms. The summed E-state index contributed by atoms with van der Waals surface area (Å²) in [6, 6.07) is 15.6. The van der Waals surface area contributed by atoms with E-state index in [1.54, 1.807) is 0 Å². The van der Waals surface area contributed by atoms with E-state index in [0.717, 1.165) is 24.1 Å². The second-order valence-corrected chi connectivity index (χ2v) is 7.60. The Labute approximate surface area is 152 Å². The lowest BCUT2D eigenvalue weighted by atomic mass is 9.85. The highest BCUT2D eigenvalue weighted by atomic mass is 16.2. The lowest BCUT2D eigenvalue weighted by Crippen LogP contribution is -2.32. The minimum absolute atomic E-state index is 0.0249. The number of imide groups is 1. The largest absolute Gasteiger partial charge is 0.399 e. The first kappa shape index (κ1) is 15.4. The summed E-state index contributed by atoms with van der Waals surface area (Å²) < 4.78 is 0. The molecule has 0 spiro atoms. The summed E-state index contributed by atoms with van der Waals surface area (Å²) in [5.41, 5.74) is 9.48. The van der Waals surface area contributed by atoms with Gasteiger partial charge in [0.1, 0.15) is 0 Å². The monoisotopic (exact) mass is 344 g/mol. The highest BCUT2D eigenvalue weighted by Crippen LogP contribution is 2.53. The molecule has 2 aromatic rings. The van der Waals surface area contributed by atoms with Gasteiger partial charge in [-0.25, -0.2) is 0 Å². The Bertz CT molecular complexity index is 884. The summed E-state index contributed by atoms with van der Waals surface area (Å²) in [6.07, 6.45) is 6.00. The van der Waals surface area contributed by atoms with E-state index < -0.39 is 0 Å². The Morgan fingerprint density at radius 1 is 0.808 bits per heavy atom. The number of nitrogen functional groups attached to an aromatic ring is 1. The van der Waals surface area contributed by atoms with Crippen molar-refractivity contribution in [3.63, 3.8) is 0 Å². The molecular weight excluding hydrogens is 324 g/mol. The highest BCUT2D eigenvalue weighted by Gasteiger charge is 2.59. The molecule has 2 N–H and O–H groups in total. The quantitative estimate of drug-likeness (QED) is 0.528. The van der Waals surface area contributed by atoms with Crippen LogP contribution in [0.3, 0.4) is 0 Å². The van der Waals surface area contributed by atoms with Crippen molar-refractivity contribution in [1.82, 2.24) is 0 Å². The first-order valence-corrected chi connectivity index (χ1v) is 9.11. The lowest BCUT2D eigenvalue weighted by Gasteiger charge is -2.17. The molecule has 0 radical (unpaired) electrons. The van der Waals surface area contributed by atoms with Gasteiger partial charge in [-0.1, -0.05) is 36.4 Å². The molecule has 130 valence electrons. The third kappa shape index (κ3) is 2.22. The van der Waals surface area contributed by atoms with Crippen LogP contribution in [0.15, 0.2) is 60.7 Å². The van der Waals surface area contributed by atoms with Gasteiger partial charge in [0.25, 0.3) is 0 Å². The van der Waals surface area contributed by atoms with Crippen LogP contribution in [0.4, 0.5) is 11.4 Å². The van der Waals surface area contributed by atoms with Crippen LogP contribution in [0.2, 0.25) is 0 Å². The molecule has 2 amide bonds. The van der Waals surface area contributed by atoms with Gasteiger partial charge in [-0.05, 0) is 60.1 Å². The molecule has 5 rings (SSSR count). The molecule has 1 saturated carbocycles. The number of carbonyl (C=O) groups excluding carboxylic acids is 2. The van der Waals surface area contributed by atoms with Gasteiger partial charge in [0, 0.05) is 5.69 Å². The van der Waals surface area contributed by atoms with Crippen LogP contribution in [0.1, 0.15) is 17.5 Å². The predicted octanol–water partition coefficient (Wildman–Crippen LogP) is 3.17. The van der Waals surface area contributed by atoms with Gasteiger partial charge < -0.3 is 5.73 Å². The Morgan fingerprint density at radius 3 is 1.85 bits per heavy atom. The predicted molar refractivity (Wildman–Crippen MR) is 100 cm³/mol. The number of amides is 2. The molecule has 0 aromatic heterocycles. The molecule has 1 saturated heterocycles. The van der Waals surface area contributed by atoms with Gasteiger partial charge in [-0.2, -0.15) is 0 Å². The standard InChI is InChI=1S/C22H20N2O2/c23-17-7-1-13(2-8-17)11-14-3-9-18(10-4-14)24-21(25)19-15-5-6-16(12-15)20(19)22(24)26/h1-10,15-16,19-20H,11-12,23H2/t15-,16-,19+,20+/m0/s1. The fourth-order valence-electron chi connectivity index (χ4n) is 4.79. The number of allylic oxidation sites excluding steroid dienone is 2. The molecule has 0 unspecified atom stereocenters. The van der Waals surface area contributed by atoms with Crippen molar-refractivity contribution in [3.05, 3.63) is 71.8 Å². The second kappa shape index (κ2) is 5.56. The maximum absolute atomic E-state index is 12.9. The lowest BCUT2D eigenvalue weighted by molar-refractivity contribution is -0.123. The number of anilines is 2. The number of hydrogen-bond acceptors (Lipinski definition) is 3. The van der Waals surface area contributed by atoms with Crippen molar-refractivity contribution in [2.45, 2.75) is 12.8 Å². The Kier molecular flexibility index (Phi) is 3.29. The van der Waals surface area contributed by atoms with Gasteiger partial charge in [0.05, 0.1) is 17.5 Å². The minimum atomic E-state index is -0.146. The average molecular weight is 344 g/mol. The first-order chi connectivity index (χ1) is 12.6. The summed E-state index contributed by atoms with van der Waals surface area (Å²) in [4.78, 5) is 27.1. The fraction of sp³-hybridized carbons (Fsp3) is 0.273. The Balaban J connectivity index is 1.37. The van der Waals surface area contributed by atoms with Crippen LogP contribution in [0.25, 0.3) is 0 Å². The molecular formula is C22H20N2O2.